The lowest BCUT2D eigenvalue weighted by Gasteiger charge is -2.27. The topological polar surface area (TPSA) is 56.0 Å². The van der Waals surface area contributed by atoms with E-state index in [1.165, 1.54) is 12.8 Å². The summed E-state index contributed by atoms with van der Waals surface area (Å²) < 4.78 is 0. The van der Waals surface area contributed by atoms with Crippen molar-refractivity contribution < 1.29 is 5.11 Å². The highest BCUT2D eigenvalue weighted by atomic mass is 35.5. The summed E-state index contributed by atoms with van der Waals surface area (Å²) in [5.74, 6) is 0. The van der Waals surface area contributed by atoms with Crippen molar-refractivity contribution in [2.24, 2.45) is 0 Å². The van der Waals surface area contributed by atoms with Crippen LogP contribution in [0.15, 0.2) is 18.2 Å². The maximum atomic E-state index is 10.6. The molecular formula is C15H19ClN2O. The fourth-order valence-electron chi connectivity index (χ4n) is 2.59. The molecule has 0 saturated heterocycles. The molecule has 0 unspecified atom stereocenters. The van der Waals surface area contributed by atoms with Gasteiger partial charge in [-0.15, -0.1) is 0 Å². The van der Waals surface area contributed by atoms with Crippen molar-refractivity contribution in [2.45, 2.75) is 44.1 Å². The standard InChI is InChI=1S/C15H19ClN2O/c16-13-5-6-14(12(9-13)10-17)18-11-15(19)7-3-1-2-4-8-15/h5-6,9,18-19H,1-4,7-8,11H2. The largest absolute Gasteiger partial charge is 0.388 e. The molecule has 1 fully saturated rings. The molecule has 0 atom stereocenters. The Morgan fingerprint density at radius 2 is 1.95 bits per heavy atom. The summed E-state index contributed by atoms with van der Waals surface area (Å²) in [6.45, 7) is 0.489. The van der Waals surface area contributed by atoms with E-state index < -0.39 is 5.60 Å². The number of nitrogens with zero attached hydrogens (tertiary/aromatic N) is 1. The Morgan fingerprint density at radius 1 is 1.26 bits per heavy atom. The summed E-state index contributed by atoms with van der Waals surface area (Å²) in [6, 6.07) is 7.30. The molecule has 4 heteroatoms. The van der Waals surface area contributed by atoms with Crippen LogP contribution in [0.5, 0.6) is 0 Å². The van der Waals surface area contributed by atoms with Crippen LogP contribution < -0.4 is 5.32 Å². The average molecular weight is 279 g/mol. The molecule has 0 bridgehead atoms. The first kappa shape index (κ1) is 14.2. The molecule has 1 aliphatic carbocycles. The molecule has 1 aromatic carbocycles. The number of nitriles is 1. The number of hydrogen-bond acceptors (Lipinski definition) is 3. The summed E-state index contributed by atoms with van der Waals surface area (Å²) in [5.41, 5.74) is 0.609. The zero-order valence-corrected chi connectivity index (χ0v) is 11.7. The van der Waals surface area contributed by atoms with E-state index in [0.29, 0.717) is 17.1 Å². The Labute approximate surface area is 119 Å². The fourth-order valence-corrected chi connectivity index (χ4v) is 2.76. The van der Waals surface area contributed by atoms with Crippen molar-refractivity contribution >= 4 is 17.3 Å². The molecule has 0 amide bonds. The van der Waals surface area contributed by atoms with Crippen LogP contribution in [-0.4, -0.2) is 17.3 Å². The quantitative estimate of drug-likeness (QED) is 0.829. The van der Waals surface area contributed by atoms with Gasteiger partial charge in [-0.2, -0.15) is 5.26 Å². The predicted molar refractivity (Wildman–Crippen MR) is 77.3 cm³/mol. The van der Waals surface area contributed by atoms with Crippen LogP contribution in [0.4, 0.5) is 5.69 Å². The maximum absolute atomic E-state index is 10.6. The minimum atomic E-state index is -0.650. The second-order valence-electron chi connectivity index (χ2n) is 5.29. The smallest absolute Gasteiger partial charge is 0.101 e. The lowest BCUT2D eigenvalue weighted by Crippen LogP contribution is -2.36. The number of anilines is 1. The Balaban J connectivity index is 2.03. The molecule has 2 N–H and O–H groups in total. The van der Waals surface area contributed by atoms with E-state index in [0.717, 1.165) is 31.4 Å². The van der Waals surface area contributed by atoms with Gasteiger partial charge in [0.2, 0.25) is 0 Å². The van der Waals surface area contributed by atoms with E-state index in [4.69, 9.17) is 16.9 Å². The third kappa shape index (κ3) is 3.86. The normalized spacial score (nSPS) is 18.4. The molecule has 1 saturated carbocycles. The highest BCUT2D eigenvalue weighted by molar-refractivity contribution is 6.30. The van der Waals surface area contributed by atoms with Gasteiger partial charge < -0.3 is 10.4 Å². The van der Waals surface area contributed by atoms with Gasteiger partial charge in [-0.3, -0.25) is 0 Å². The van der Waals surface area contributed by atoms with Crippen LogP contribution in [0.1, 0.15) is 44.1 Å². The second kappa shape index (κ2) is 6.27. The van der Waals surface area contributed by atoms with Crippen molar-refractivity contribution in [3.05, 3.63) is 28.8 Å². The first-order valence-corrected chi connectivity index (χ1v) is 7.17. The number of hydrogen-bond donors (Lipinski definition) is 2. The van der Waals surface area contributed by atoms with Gasteiger partial charge in [-0.25, -0.2) is 0 Å². The van der Waals surface area contributed by atoms with Crippen molar-refractivity contribution in [2.75, 3.05) is 11.9 Å². The minimum Gasteiger partial charge on any atom is -0.388 e. The Hall–Kier alpha value is -1.24. The molecule has 1 aromatic rings. The number of aliphatic hydroxyl groups is 1. The SMILES string of the molecule is N#Cc1cc(Cl)ccc1NCC1(O)CCCCCC1. The third-order valence-corrected chi connectivity index (χ3v) is 3.98. The van der Waals surface area contributed by atoms with E-state index in [-0.39, 0.29) is 0 Å². The van der Waals surface area contributed by atoms with Crippen LogP contribution >= 0.6 is 11.6 Å². The van der Waals surface area contributed by atoms with E-state index >= 15 is 0 Å². The molecule has 0 aromatic heterocycles. The van der Waals surface area contributed by atoms with Crippen LogP contribution in [0.2, 0.25) is 5.02 Å². The third-order valence-electron chi connectivity index (χ3n) is 3.74. The molecule has 0 radical (unpaired) electrons. The van der Waals surface area contributed by atoms with Crippen molar-refractivity contribution in [3.8, 4) is 6.07 Å². The van der Waals surface area contributed by atoms with E-state index in [1.54, 1.807) is 18.2 Å². The predicted octanol–water partition coefficient (Wildman–Crippen LogP) is 3.71. The lowest BCUT2D eigenvalue weighted by molar-refractivity contribution is 0.0381. The van der Waals surface area contributed by atoms with Gasteiger partial charge in [0.1, 0.15) is 6.07 Å². The first-order chi connectivity index (χ1) is 9.13. The molecule has 1 aliphatic rings. The second-order valence-corrected chi connectivity index (χ2v) is 5.73. The molecule has 0 spiro atoms. The van der Waals surface area contributed by atoms with Crippen LogP contribution in [0.25, 0.3) is 0 Å². The summed E-state index contributed by atoms with van der Waals surface area (Å²) in [7, 11) is 0. The first-order valence-electron chi connectivity index (χ1n) is 6.79. The van der Waals surface area contributed by atoms with Crippen LogP contribution in [0.3, 0.4) is 0 Å². The molecule has 102 valence electrons. The summed E-state index contributed by atoms with van der Waals surface area (Å²) in [4.78, 5) is 0. The van der Waals surface area contributed by atoms with E-state index in [1.807, 2.05) is 0 Å². The summed E-state index contributed by atoms with van der Waals surface area (Å²) >= 11 is 5.87. The Morgan fingerprint density at radius 3 is 2.58 bits per heavy atom. The number of halogens is 1. The number of rotatable bonds is 3. The molecule has 0 aliphatic heterocycles. The highest BCUT2D eigenvalue weighted by Crippen LogP contribution is 2.28. The molecule has 3 nitrogen and oxygen atoms in total. The van der Waals surface area contributed by atoms with Crippen LogP contribution in [-0.2, 0) is 0 Å². The number of benzene rings is 1. The zero-order valence-electron chi connectivity index (χ0n) is 11.0. The minimum absolute atomic E-state index is 0.489. The molecule has 19 heavy (non-hydrogen) atoms. The van der Waals surface area contributed by atoms with Gasteiger partial charge in [0.05, 0.1) is 16.9 Å². The van der Waals surface area contributed by atoms with Crippen molar-refractivity contribution in [1.29, 1.82) is 5.26 Å². The van der Waals surface area contributed by atoms with Gasteiger partial charge in [0.15, 0.2) is 0 Å². The summed E-state index contributed by atoms with van der Waals surface area (Å²) in [6.07, 6.45) is 6.21. The van der Waals surface area contributed by atoms with Crippen molar-refractivity contribution in [1.82, 2.24) is 0 Å². The molecular weight excluding hydrogens is 260 g/mol. The van der Waals surface area contributed by atoms with E-state index in [9.17, 15) is 5.11 Å². The molecule has 2 rings (SSSR count). The van der Waals surface area contributed by atoms with Gasteiger partial charge in [-0.05, 0) is 31.0 Å². The maximum Gasteiger partial charge on any atom is 0.101 e. The summed E-state index contributed by atoms with van der Waals surface area (Å²) in [5, 5.41) is 23.4. The van der Waals surface area contributed by atoms with Crippen molar-refractivity contribution in [3.63, 3.8) is 0 Å². The highest BCUT2D eigenvalue weighted by Gasteiger charge is 2.27. The van der Waals surface area contributed by atoms with E-state index in [2.05, 4.69) is 11.4 Å². The van der Waals surface area contributed by atoms with Gasteiger partial charge in [0, 0.05) is 11.6 Å². The average Bonchev–Trinajstić information content (AvgIpc) is 2.62. The Kier molecular flexibility index (Phi) is 4.68. The zero-order chi connectivity index (χ0) is 13.7. The van der Waals surface area contributed by atoms with Gasteiger partial charge in [-0.1, -0.05) is 37.3 Å². The Bertz CT molecular complexity index is 474. The molecule has 0 heterocycles. The van der Waals surface area contributed by atoms with Gasteiger partial charge >= 0.3 is 0 Å². The monoisotopic (exact) mass is 278 g/mol. The fraction of sp³-hybridized carbons (Fsp3) is 0.533. The number of nitrogens with one attached hydrogen (secondary N) is 1. The van der Waals surface area contributed by atoms with Crippen LogP contribution in [0, 0.1) is 11.3 Å². The lowest BCUT2D eigenvalue weighted by atomic mass is 9.94. The van der Waals surface area contributed by atoms with Gasteiger partial charge in [0.25, 0.3) is 0 Å².